The maximum atomic E-state index is 2.21. The molecule has 0 atom stereocenters. The molecule has 0 aliphatic carbocycles. The van der Waals surface area contributed by atoms with E-state index in [1.54, 1.807) is 0 Å². The summed E-state index contributed by atoms with van der Waals surface area (Å²) in [5.74, 6) is 0. The van der Waals surface area contributed by atoms with Crippen LogP contribution in [0.1, 0.15) is 13.3 Å². The minimum absolute atomic E-state index is 1.04. The van der Waals surface area contributed by atoms with Gasteiger partial charge in [-0.3, -0.25) is 4.58 Å². The van der Waals surface area contributed by atoms with Crippen LogP contribution in [-0.4, -0.2) is 36.0 Å². The Bertz CT molecular complexity index is 159. The molecule has 2 nitrogen and oxygen atoms in total. The molecule has 0 N–H and O–H groups in total. The standard InChI is InChI=1S/C8H15N2/c1-3-5-10-7-4-6-9(2)8-10/h4,7-8H,3,5-6H2,1-2H3/q+1. The minimum Gasteiger partial charge on any atom is -0.267 e. The summed E-state index contributed by atoms with van der Waals surface area (Å²) in [5.41, 5.74) is 0. The molecule has 1 heterocycles. The van der Waals surface area contributed by atoms with Gasteiger partial charge in [0.15, 0.2) is 0 Å². The summed E-state index contributed by atoms with van der Waals surface area (Å²) in [6.07, 6.45) is 7.66. The first-order chi connectivity index (χ1) is 4.83. The van der Waals surface area contributed by atoms with Crippen LogP contribution in [0.4, 0.5) is 0 Å². The van der Waals surface area contributed by atoms with Crippen molar-refractivity contribution in [2.24, 2.45) is 0 Å². The third kappa shape index (κ3) is 1.87. The van der Waals surface area contributed by atoms with E-state index < -0.39 is 0 Å². The van der Waals surface area contributed by atoms with Crippen LogP contribution in [0.5, 0.6) is 0 Å². The smallest absolute Gasteiger partial charge is 0.238 e. The van der Waals surface area contributed by atoms with Crippen LogP contribution < -0.4 is 0 Å². The number of likely N-dealkylation sites (N-methyl/N-ethyl adjacent to an activating group) is 1. The highest BCUT2D eigenvalue weighted by Crippen LogP contribution is 1.93. The summed E-state index contributed by atoms with van der Waals surface area (Å²) < 4.78 is 2.18. The van der Waals surface area contributed by atoms with Crippen molar-refractivity contribution in [3.05, 3.63) is 12.3 Å². The largest absolute Gasteiger partial charge is 0.267 e. The first-order valence-electron chi connectivity index (χ1n) is 3.80. The quantitative estimate of drug-likeness (QED) is 0.515. The molecule has 0 saturated heterocycles. The first kappa shape index (κ1) is 7.32. The second-order valence-corrected chi connectivity index (χ2v) is 2.68. The molecule has 0 radical (unpaired) electrons. The van der Waals surface area contributed by atoms with Gasteiger partial charge in [0, 0.05) is 0 Å². The Labute approximate surface area is 62.5 Å². The van der Waals surface area contributed by atoms with E-state index in [-0.39, 0.29) is 0 Å². The van der Waals surface area contributed by atoms with Crippen molar-refractivity contribution in [3.63, 3.8) is 0 Å². The SMILES string of the molecule is CCCN1C=CC[N+](C)=C1. The van der Waals surface area contributed by atoms with Gasteiger partial charge < -0.3 is 0 Å². The van der Waals surface area contributed by atoms with Crippen LogP contribution in [0, 0.1) is 0 Å². The molecule has 0 saturated carbocycles. The fraction of sp³-hybridized carbons (Fsp3) is 0.625. The molecule has 0 spiro atoms. The average Bonchev–Trinajstić information content (AvgIpc) is 1.88. The third-order valence-corrected chi connectivity index (χ3v) is 1.52. The molecular weight excluding hydrogens is 124 g/mol. The van der Waals surface area contributed by atoms with Gasteiger partial charge in [-0.05, 0) is 12.5 Å². The predicted molar refractivity (Wildman–Crippen MR) is 43.3 cm³/mol. The lowest BCUT2D eigenvalue weighted by molar-refractivity contribution is -0.487. The maximum Gasteiger partial charge on any atom is 0.238 e. The van der Waals surface area contributed by atoms with Gasteiger partial charge in [0.2, 0.25) is 6.34 Å². The van der Waals surface area contributed by atoms with Crippen LogP contribution in [-0.2, 0) is 0 Å². The van der Waals surface area contributed by atoms with E-state index in [0.717, 1.165) is 13.1 Å². The van der Waals surface area contributed by atoms with Crippen molar-refractivity contribution >= 4 is 6.34 Å². The zero-order valence-corrected chi connectivity index (χ0v) is 6.75. The van der Waals surface area contributed by atoms with E-state index in [2.05, 4.69) is 42.1 Å². The van der Waals surface area contributed by atoms with Crippen molar-refractivity contribution in [3.8, 4) is 0 Å². The average molecular weight is 139 g/mol. The molecule has 10 heavy (non-hydrogen) atoms. The molecule has 0 aromatic carbocycles. The monoisotopic (exact) mass is 139 g/mol. The van der Waals surface area contributed by atoms with Crippen molar-refractivity contribution in [1.82, 2.24) is 4.90 Å². The number of hydrogen-bond acceptors (Lipinski definition) is 1. The lowest BCUT2D eigenvalue weighted by Gasteiger charge is -2.11. The number of rotatable bonds is 2. The fourth-order valence-corrected chi connectivity index (χ4v) is 1.08. The molecule has 0 unspecified atom stereocenters. The molecule has 0 fully saturated rings. The lowest BCUT2D eigenvalue weighted by Crippen LogP contribution is -2.26. The molecule has 56 valence electrons. The summed E-state index contributed by atoms with van der Waals surface area (Å²) in [6.45, 7) is 4.36. The van der Waals surface area contributed by atoms with Crippen molar-refractivity contribution < 1.29 is 4.58 Å². The summed E-state index contributed by atoms with van der Waals surface area (Å²) in [7, 11) is 2.09. The van der Waals surface area contributed by atoms with Crippen molar-refractivity contribution in [1.29, 1.82) is 0 Å². The molecule has 0 bridgehead atoms. The number of nitrogens with zero attached hydrogens (tertiary/aromatic N) is 2. The van der Waals surface area contributed by atoms with Crippen LogP contribution >= 0.6 is 0 Å². The van der Waals surface area contributed by atoms with Gasteiger partial charge >= 0.3 is 0 Å². The second kappa shape index (κ2) is 3.40. The predicted octanol–water partition coefficient (Wildman–Crippen LogP) is 0.896. The van der Waals surface area contributed by atoms with Crippen LogP contribution in [0.15, 0.2) is 12.3 Å². The second-order valence-electron chi connectivity index (χ2n) is 2.68. The zero-order valence-electron chi connectivity index (χ0n) is 6.75. The molecule has 0 aromatic heterocycles. The zero-order chi connectivity index (χ0) is 7.40. The summed E-state index contributed by atoms with van der Waals surface area (Å²) in [5, 5.41) is 0. The summed E-state index contributed by atoms with van der Waals surface area (Å²) >= 11 is 0. The fourth-order valence-electron chi connectivity index (χ4n) is 1.08. The van der Waals surface area contributed by atoms with E-state index in [4.69, 9.17) is 0 Å². The summed E-state index contributed by atoms with van der Waals surface area (Å²) in [6, 6.07) is 0. The molecule has 1 aliphatic heterocycles. The van der Waals surface area contributed by atoms with Crippen molar-refractivity contribution in [2.75, 3.05) is 20.1 Å². The molecule has 0 aromatic rings. The van der Waals surface area contributed by atoms with E-state index >= 15 is 0 Å². The Morgan fingerprint density at radius 3 is 3.00 bits per heavy atom. The van der Waals surface area contributed by atoms with Crippen molar-refractivity contribution in [2.45, 2.75) is 13.3 Å². The Morgan fingerprint density at radius 1 is 1.60 bits per heavy atom. The highest BCUT2D eigenvalue weighted by Gasteiger charge is 2.05. The van der Waals surface area contributed by atoms with E-state index in [1.165, 1.54) is 6.42 Å². The highest BCUT2D eigenvalue weighted by molar-refractivity contribution is 5.51. The van der Waals surface area contributed by atoms with Crippen LogP contribution in [0.2, 0.25) is 0 Å². The molecule has 2 heteroatoms. The van der Waals surface area contributed by atoms with Gasteiger partial charge in [-0.15, -0.1) is 0 Å². The molecule has 1 rings (SSSR count). The van der Waals surface area contributed by atoms with Gasteiger partial charge in [0.1, 0.15) is 6.54 Å². The Hall–Kier alpha value is -0.790. The van der Waals surface area contributed by atoms with Crippen LogP contribution in [0.3, 0.4) is 0 Å². The molecule has 0 amide bonds. The maximum absolute atomic E-state index is 2.21. The van der Waals surface area contributed by atoms with E-state index in [0.29, 0.717) is 0 Å². The summed E-state index contributed by atoms with van der Waals surface area (Å²) in [4.78, 5) is 2.21. The van der Waals surface area contributed by atoms with Gasteiger partial charge in [-0.1, -0.05) is 6.92 Å². The number of hydrogen-bond donors (Lipinski definition) is 0. The van der Waals surface area contributed by atoms with E-state index in [9.17, 15) is 0 Å². The third-order valence-electron chi connectivity index (χ3n) is 1.52. The van der Waals surface area contributed by atoms with Gasteiger partial charge in [-0.25, -0.2) is 4.90 Å². The van der Waals surface area contributed by atoms with Gasteiger partial charge in [0.25, 0.3) is 0 Å². The Balaban J connectivity index is 2.44. The van der Waals surface area contributed by atoms with Gasteiger partial charge in [-0.2, -0.15) is 0 Å². The highest BCUT2D eigenvalue weighted by atomic mass is 15.2. The van der Waals surface area contributed by atoms with E-state index in [1.807, 2.05) is 0 Å². The topological polar surface area (TPSA) is 6.25 Å². The Kier molecular flexibility index (Phi) is 2.49. The molecule has 1 aliphatic rings. The normalized spacial score (nSPS) is 17.4. The Morgan fingerprint density at radius 2 is 2.40 bits per heavy atom. The first-order valence-corrected chi connectivity index (χ1v) is 3.80. The lowest BCUT2D eigenvalue weighted by atomic mass is 10.4. The minimum atomic E-state index is 1.04. The van der Waals surface area contributed by atoms with Crippen LogP contribution in [0.25, 0.3) is 0 Å². The van der Waals surface area contributed by atoms with Gasteiger partial charge in [0.05, 0.1) is 19.8 Å². The molecular formula is C8H15N2+.